The number of nitro groups is 1. The van der Waals surface area contributed by atoms with Crippen LogP contribution in [0.25, 0.3) is 6.08 Å². The Morgan fingerprint density at radius 2 is 2.21 bits per heavy atom. The maximum Gasteiger partial charge on any atom is 0.338 e. The van der Waals surface area contributed by atoms with Crippen LogP contribution < -0.4 is 0 Å². The second-order valence-corrected chi connectivity index (χ2v) is 4.22. The van der Waals surface area contributed by atoms with Gasteiger partial charge in [0.25, 0.3) is 5.69 Å². The molecule has 102 valence electrons. The van der Waals surface area contributed by atoms with Gasteiger partial charge in [-0.2, -0.15) is 0 Å². The number of nitrogens with zero attached hydrogens (tertiary/aromatic N) is 1. The van der Waals surface area contributed by atoms with Gasteiger partial charge in [-0.05, 0) is 25.0 Å². The molecule has 0 atom stereocenters. The van der Waals surface area contributed by atoms with Crippen molar-refractivity contribution in [3.63, 3.8) is 0 Å². The third-order valence-electron chi connectivity index (χ3n) is 2.59. The molecule has 0 fully saturated rings. The monoisotopic (exact) mass is 283 g/mol. The highest BCUT2D eigenvalue weighted by Crippen LogP contribution is 2.25. The second-order valence-electron chi connectivity index (χ2n) is 3.84. The summed E-state index contributed by atoms with van der Waals surface area (Å²) in [6.07, 6.45) is 4.14. The van der Waals surface area contributed by atoms with Crippen LogP contribution >= 0.6 is 11.6 Å². The number of alkyl halides is 1. The molecule has 1 aromatic rings. The van der Waals surface area contributed by atoms with E-state index in [1.54, 1.807) is 18.2 Å². The molecule has 6 heteroatoms. The summed E-state index contributed by atoms with van der Waals surface area (Å²) in [6.45, 7) is 1.52. The predicted molar refractivity (Wildman–Crippen MR) is 73.5 cm³/mol. The van der Waals surface area contributed by atoms with Crippen molar-refractivity contribution in [2.75, 3.05) is 13.0 Å². The number of hydrogen-bond acceptors (Lipinski definition) is 4. The summed E-state index contributed by atoms with van der Waals surface area (Å²) in [5.41, 5.74) is 0.963. The Morgan fingerprint density at radius 1 is 1.53 bits per heavy atom. The van der Waals surface area contributed by atoms with Crippen LogP contribution in [0, 0.1) is 17.0 Å². The SMILES string of the molecule is COC(=O)c1cc(C=CCCCl)cc([N+](=O)[O-])c1C. The van der Waals surface area contributed by atoms with E-state index in [0.717, 1.165) is 0 Å². The van der Waals surface area contributed by atoms with E-state index >= 15 is 0 Å². The number of nitro benzene ring substituents is 1. The number of allylic oxidation sites excluding steroid dienone is 1. The Bertz CT molecular complexity index is 526. The summed E-state index contributed by atoms with van der Waals surface area (Å²) in [5, 5.41) is 11.0. The fraction of sp³-hybridized carbons (Fsp3) is 0.308. The lowest BCUT2D eigenvalue weighted by Gasteiger charge is -2.06. The number of hydrogen-bond donors (Lipinski definition) is 0. The smallest absolute Gasteiger partial charge is 0.338 e. The molecule has 0 aliphatic heterocycles. The maximum atomic E-state index is 11.6. The molecule has 0 aromatic heterocycles. The quantitative estimate of drug-likeness (QED) is 0.360. The number of halogens is 1. The van der Waals surface area contributed by atoms with E-state index in [0.29, 0.717) is 23.4 Å². The average Bonchev–Trinajstić information content (AvgIpc) is 2.39. The molecule has 0 radical (unpaired) electrons. The molecule has 0 amide bonds. The van der Waals surface area contributed by atoms with E-state index in [-0.39, 0.29) is 11.3 Å². The van der Waals surface area contributed by atoms with Gasteiger partial charge in [0, 0.05) is 17.5 Å². The van der Waals surface area contributed by atoms with Gasteiger partial charge in [-0.25, -0.2) is 4.79 Å². The Hall–Kier alpha value is -1.88. The molecule has 19 heavy (non-hydrogen) atoms. The van der Waals surface area contributed by atoms with E-state index in [9.17, 15) is 14.9 Å². The lowest BCUT2D eigenvalue weighted by Crippen LogP contribution is -2.06. The minimum Gasteiger partial charge on any atom is -0.465 e. The zero-order valence-electron chi connectivity index (χ0n) is 10.7. The highest BCUT2D eigenvalue weighted by atomic mass is 35.5. The van der Waals surface area contributed by atoms with Gasteiger partial charge in [-0.15, -0.1) is 11.6 Å². The van der Waals surface area contributed by atoms with Crippen molar-refractivity contribution < 1.29 is 14.5 Å². The van der Waals surface area contributed by atoms with Gasteiger partial charge in [-0.1, -0.05) is 12.2 Å². The van der Waals surface area contributed by atoms with E-state index in [4.69, 9.17) is 11.6 Å². The third kappa shape index (κ3) is 3.79. The van der Waals surface area contributed by atoms with Gasteiger partial charge >= 0.3 is 5.97 Å². The largest absolute Gasteiger partial charge is 0.465 e. The molecule has 0 unspecified atom stereocenters. The molecular formula is C13H14ClNO4. The van der Waals surface area contributed by atoms with Gasteiger partial charge in [0.1, 0.15) is 0 Å². The fourth-order valence-corrected chi connectivity index (χ4v) is 1.74. The Balaban J connectivity index is 3.31. The molecule has 0 aliphatic rings. The molecule has 1 aromatic carbocycles. The first-order valence-corrected chi connectivity index (χ1v) is 6.14. The zero-order valence-corrected chi connectivity index (χ0v) is 11.4. The van der Waals surface area contributed by atoms with Crippen molar-refractivity contribution in [3.8, 4) is 0 Å². The van der Waals surface area contributed by atoms with Crippen LogP contribution in [-0.2, 0) is 4.74 Å². The molecule has 5 nitrogen and oxygen atoms in total. The summed E-state index contributed by atoms with van der Waals surface area (Å²) in [5.74, 6) is -0.123. The lowest BCUT2D eigenvalue weighted by molar-refractivity contribution is -0.385. The number of carbonyl (C=O) groups is 1. The first kappa shape index (κ1) is 15.2. The molecule has 0 heterocycles. The van der Waals surface area contributed by atoms with Crippen LogP contribution in [0.4, 0.5) is 5.69 Å². The number of methoxy groups -OCH3 is 1. The lowest BCUT2D eigenvalue weighted by atomic mass is 10.0. The van der Waals surface area contributed by atoms with E-state index in [1.165, 1.54) is 20.1 Å². The normalized spacial score (nSPS) is 10.7. The Morgan fingerprint density at radius 3 is 2.74 bits per heavy atom. The first-order valence-electron chi connectivity index (χ1n) is 5.61. The molecule has 0 spiro atoms. The van der Waals surface area contributed by atoms with Crippen LogP contribution in [0.2, 0.25) is 0 Å². The Labute approximate surface area is 116 Å². The Kier molecular flexibility index (Phi) is 5.51. The molecule has 0 aliphatic carbocycles. The number of ether oxygens (including phenoxy) is 1. The van der Waals surface area contributed by atoms with Crippen LogP contribution in [0.3, 0.4) is 0 Å². The topological polar surface area (TPSA) is 69.4 Å². The standard InChI is InChI=1S/C13H14ClNO4/c1-9-11(13(16)19-2)7-10(5-3-4-6-14)8-12(9)15(17)18/h3,5,7-8H,4,6H2,1-2H3. The molecule has 0 bridgehead atoms. The molecule has 1 rings (SSSR count). The average molecular weight is 284 g/mol. The van der Waals surface area contributed by atoms with Crippen molar-refractivity contribution in [2.24, 2.45) is 0 Å². The number of benzene rings is 1. The minimum atomic E-state index is -0.590. The van der Waals surface area contributed by atoms with Gasteiger partial charge < -0.3 is 4.74 Å². The predicted octanol–water partition coefficient (Wildman–Crippen LogP) is 3.33. The third-order valence-corrected chi connectivity index (χ3v) is 2.81. The molecule has 0 N–H and O–H groups in total. The van der Waals surface area contributed by atoms with Crippen molar-refractivity contribution in [1.82, 2.24) is 0 Å². The van der Waals surface area contributed by atoms with Crippen molar-refractivity contribution in [3.05, 3.63) is 45.0 Å². The van der Waals surface area contributed by atoms with Crippen LogP contribution in [0.5, 0.6) is 0 Å². The van der Waals surface area contributed by atoms with Crippen molar-refractivity contribution >= 4 is 29.3 Å². The second kappa shape index (κ2) is 6.89. The van der Waals surface area contributed by atoms with Gasteiger partial charge in [0.05, 0.1) is 17.6 Å². The molecule has 0 saturated heterocycles. The number of rotatable bonds is 5. The van der Waals surface area contributed by atoms with Crippen LogP contribution in [0.1, 0.15) is 27.9 Å². The summed E-state index contributed by atoms with van der Waals surface area (Å²) in [4.78, 5) is 22.1. The van der Waals surface area contributed by atoms with E-state index < -0.39 is 10.9 Å². The molecular weight excluding hydrogens is 270 g/mol. The maximum absolute atomic E-state index is 11.6. The van der Waals surface area contributed by atoms with Crippen LogP contribution in [-0.4, -0.2) is 23.9 Å². The van der Waals surface area contributed by atoms with Crippen molar-refractivity contribution in [1.29, 1.82) is 0 Å². The summed E-state index contributed by atoms with van der Waals surface area (Å²) < 4.78 is 4.63. The van der Waals surface area contributed by atoms with Gasteiger partial charge in [-0.3, -0.25) is 10.1 Å². The zero-order chi connectivity index (χ0) is 14.4. The molecule has 0 saturated carbocycles. The highest BCUT2D eigenvalue weighted by molar-refractivity contribution is 6.17. The van der Waals surface area contributed by atoms with Crippen LogP contribution in [0.15, 0.2) is 18.2 Å². The van der Waals surface area contributed by atoms with E-state index in [1.807, 2.05) is 0 Å². The van der Waals surface area contributed by atoms with E-state index in [2.05, 4.69) is 4.74 Å². The van der Waals surface area contributed by atoms with Gasteiger partial charge in [0.2, 0.25) is 0 Å². The fourth-order valence-electron chi connectivity index (χ4n) is 1.61. The number of esters is 1. The highest BCUT2D eigenvalue weighted by Gasteiger charge is 2.20. The first-order chi connectivity index (χ1) is 9.01. The summed E-state index contributed by atoms with van der Waals surface area (Å²) in [7, 11) is 1.24. The van der Waals surface area contributed by atoms with Crippen molar-refractivity contribution in [2.45, 2.75) is 13.3 Å². The number of carbonyl (C=O) groups excluding carboxylic acids is 1. The van der Waals surface area contributed by atoms with Gasteiger partial charge in [0.15, 0.2) is 0 Å². The summed E-state index contributed by atoms with van der Waals surface area (Å²) >= 11 is 5.55. The summed E-state index contributed by atoms with van der Waals surface area (Å²) in [6, 6.07) is 2.99. The minimum absolute atomic E-state index is 0.103.